The zero-order chi connectivity index (χ0) is 19.9. The lowest BCUT2D eigenvalue weighted by atomic mass is 9.77. The molecule has 1 spiro atoms. The van der Waals surface area contributed by atoms with Gasteiger partial charge in [0.15, 0.2) is 5.82 Å². The summed E-state index contributed by atoms with van der Waals surface area (Å²) >= 11 is 0. The maximum absolute atomic E-state index is 13.5. The number of carbonyl (C=O) groups excluding carboxylic acids is 2. The number of carbonyl (C=O) groups is 2. The molecule has 2 fully saturated rings. The highest BCUT2D eigenvalue weighted by atomic mass is 19.1. The topological polar surface area (TPSA) is 70.5 Å². The normalized spacial score (nSPS) is 18.8. The highest BCUT2D eigenvalue weighted by Crippen LogP contribution is 2.41. The van der Waals surface area contributed by atoms with E-state index in [1.807, 2.05) is 14.0 Å². The second kappa shape index (κ2) is 6.92. The summed E-state index contributed by atoms with van der Waals surface area (Å²) in [5.41, 5.74) is 1.10. The van der Waals surface area contributed by atoms with Gasteiger partial charge < -0.3 is 9.80 Å². The molecule has 8 heteroatoms. The van der Waals surface area contributed by atoms with Gasteiger partial charge in [-0.05, 0) is 44.4 Å². The molecule has 1 aromatic carbocycles. The average Bonchev–Trinajstić information content (AvgIpc) is 3.17. The van der Waals surface area contributed by atoms with Gasteiger partial charge in [0, 0.05) is 38.4 Å². The number of nitrogens with one attached hydrogen (secondary N) is 1. The van der Waals surface area contributed by atoms with Gasteiger partial charge in [-0.2, -0.15) is 0 Å². The quantitative estimate of drug-likeness (QED) is 0.864. The van der Waals surface area contributed by atoms with Gasteiger partial charge in [-0.3, -0.25) is 10.1 Å². The van der Waals surface area contributed by atoms with Gasteiger partial charge in [-0.25, -0.2) is 13.9 Å². The number of likely N-dealkylation sites (tertiary alicyclic amines) is 2. The Morgan fingerprint density at radius 3 is 2.54 bits per heavy atom. The third kappa shape index (κ3) is 3.23. The maximum atomic E-state index is 13.5. The minimum Gasteiger partial charge on any atom is -0.345 e. The summed E-state index contributed by atoms with van der Waals surface area (Å²) in [7, 11) is 1.84. The first-order chi connectivity index (χ1) is 13.4. The van der Waals surface area contributed by atoms with E-state index in [1.54, 1.807) is 32.7 Å². The Labute approximate surface area is 163 Å². The fourth-order valence-corrected chi connectivity index (χ4v) is 4.19. The fraction of sp³-hybridized carbons (Fsp3) is 0.450. The first-order valence-corrected chi connectivity index (χ1v) is 9.52. The largest absolute Gasteiger partial charge is 0.345 e. The lowest BCUT2D eigenvalue weighted by molar-refractivity contribution is -0.136. The van der Waals surface area contributed by atoms with Crippen LogP contribution in [-0.2, 0) is 4.79 Å². The van der Waals surface area contributed by atoms with E-state index in [-0.39, 0.29) is 23.2 Å². The Morgan fingerprint density at radius 1 is 1.18 bits per heavy atom. The van der Waals surface area contributed by atoms with E-state index in [4.69, 9.17) is 0 Å². The van der Waals surface area contributed by atoms with Crippen molar-refractivity contribution in [2.24, 2.45) is 5.41 Å². The highest BCUT2D eigenvalue weighted by Gasteiger charge is 2.47. The van der Waals surface area contributed by atoms with Crippen molar-refractivity contribution in [3.8, 4) is 5.69 Å². The van der Waals surface area contributed by atoms with Crippen molar-refractivity contribution in [3.63, 3.8) is 0 Å². The molecule has 148 valence electrons. The number of nitrogens with zero attached hydrogens (tertiary/aromatic N) is 4. The van der Waals surface area contributed by atoms with Crippen LogP contribution in [0.4, 0.5) is 15.0 Å². The van der Waals surface area contributed by atoms with Gasteiger partial charge in [-0.1, -0.05) is 6.07 Å². The lowest BCUT2D eigenvalue weighted by Crippen LogP contribution is -2.47. The molecule has 0 unspecified atom stereocenters. The Balaban J connectivity index is 1.41. The molecular formula is C20H24FN5O2. The first-order valence-electron chi connectivity index (χ1n) is 9.52. The number of aryl methyl sites for hydroxylation is 1. The van der Waals surface area contributed by atoms with Crippen molar-refractivity contribution in [2.45, 2.75) is 26.2 Å². The molecule has 1 aromatic heterocycles. The van der Waals surface area contributed by atoms with Gasteiger partial charge in [0.1, 0.15) is 5.82 Å². The van der Waals surface area contributed by atoms with E-state index in [2.05, 4.69) is 10.4 Å². The van der Waals surface area contributed by atoms with Crippen LogP contribution in [0, 0.1) is 18.2 Å². The first kappa shape index (κ1) is 18.5. The fourth-order valence-electron chi connectivity index (χ4n) is 4.19. The maximum Gasteiger partial charge on any atom is 0.323 e. The van der Waals surface area contributed by atoms with Gasteiger partial charge in [0.05, 0.1) is 11.1 Å². The highest BCUT2D eigenvalue weighted by molar-refractivity contribution is 5.89. The van der Waals surface area contributed by atoms with Crippen LogP contribution >= 0.6 is 0 Å². The summed E-state index contributed by atoms with van der Waals surface area (Å²) < 4.78 is 15.1. The third-order valence-electron chi connectivity index (χ3n) is 5.91. The molecule has 0 radical (unpaired) electrons. The van der Waals surface area contributed by atoms with Crippen molar-refractivity contribution in [3.05, 3.63) is 41.8 Å². The van der Waals surface area contributed by atoms with E-state index in [0.29, 0.717) is 37.4 Å². The molecule has 0 aliphatic carbocycles. The number of hydrogen-bond acceptors (Lipinski definition) is 3. The summed E-state index contributed by atoms with van der Waals surface area (Å²) in [5.74, 6) is 0.285. The van der Waals surface area contributed by atoms with E-state index in [1.165, 1.54) is 12.1 Å². The number of piperidine rings is 1. The lowest BCUT2D eigenvalue weighted by Gasteiger charge is -2.37. The second-order valence-electron chi connectivity index (χ2n) is 7.74. The summed E-state index contributed by atoms with van der Waals surface area (Å²) in [5, 5.41) is 7.20. The van der Waals surface area contributed by atoms with Crippen molar-refractivity contribution in [1.29, 1.82) is 0 Å². The second-order valence-corrected chi connectivity index (χ2v) is 7.74. The summed E-state index contributed by atoms with van der Waals surface area (Å²) in [6, 6.07) is 7.68. The average molecular weight is 385 g/mol. The predicted octanol–water partition coefficient (Wildman–Crippen LogP) is 2.80. The number of aromatic nitrogens is 2. The van der Waals surface area contributed by atoms with E-state index in [9.17, 15) is 14.0 Å². The predicted molar refractivity (Wildman–Crippen MR) is 103 cm³/mol. The molecule has 0 atom stereocenters. The van der Waals surface area contributed by atoms with E-state index in [0.717, 1.165) is 18.7 Å². The van der Waals surface area contributed by atoms with Gasteiger partial charge in [0.25, 0.3) is 0 Å². The molecule has 0 bridgehead atoms. The summed E-state index contributed by atoms with van der Waals surface area (Å²) in [4.78, 5) is 28.6. The van der Waals surface area contributed by atoms with Crippen LogP contribution in [0.15, 0.2) is 30.3 Å². The number of amides is 3. The smallest absolute Gasteiger partial charge is 0.323 e. The number of benzene rings is 1. The summed E-state index contributed by atoms with van der Waals surface area (Å²) in [6.07, 6.45) is 2.26. The molecule has 2 aromatic rings. The molecular weight excluding hydrogens is 361 g/mol. The van der Waals surface area contributed by atoms with Crippen molar-refractivity contribution in [2.75, 3.05) is 32.0 Å². The third-order valence-corrected chi connectivity index (χ3v) is 5.91. The number of halogens is 1. The van der Waals surface area contributed by atoms with Gasteiger partial charge in [0.2, 0.25) is 5.91 Å². The van der Waals surface area contributed by atoms with Crippen molar-refractivity contribution >= 4 is 17.8 Å². The van der Waals surface area contributed by atoms with Crippen LogP contribution in [0.25, 0.3) is 5.69 Å². The zero-order valence-electron chi connectivity index (χ0n) is 16.1. The van der Waals surface area contributed by atoms with Crippen LogP contribution in [0.2, 0.25) is 0 Å². The van der Waals surface area contributed by atoms with Crippen LogP contribution in [0.1, 0.15) is 25.0 Å². The summed E-state index contributed by atoms with van der Waals surface area (Å²) in [6.45, 7) is 3.74. The zero-order valence-corrected chi connectivity index (χ0v) is 16.1. The SMILES string of the molecule is Cc1cc(NC(=O)N2CCC3(CCN(C)C3=O)CC2)nn1-c1cccc(F)c1. The van der Waals surface area contributed by atoms with Gasteiger partial charge >= 0.3 is 6.03 Å². The molecule has 2 aliphatic heterocycles. The molecule has 3 amide bonds. The Bertz CT molecular complexity index is 917. The molecule has 7 nitrogen and oxygen atoms in total. The molecule has 2 saturated heterocycles. The number of rotatable bonds is 2. The Hall–Kier alpha value is -2.90. The van der Waals surface area contributed by atoms with E-state index >= 15 is 0 Å². The number of anilines is 1. The van der Waals surface area contributed by atoms with Crippen LogP contribution in [-0.4, -0.2) is 58.2 Å². The van der Waals surface area contributed by atoms with Crippen LogP contribution < -0.4 is 5.32 Å². The molecule has 28 heavy (non-hydrogen) atoms. The number of urea groups is 1. The monoisotopic (exact) mass is 385 g/mol. The Kier molecular flexibility index (Phi) is 4.56. The molecule has 3 heterocycles. The van der Waals surface area contributed by atoms with Crippen molar-refractivity contribution in [1.82, 2.24) is 19.6 Å². The minimum atomic E-state index is -0.340. The number of hydrogen-bond donors (Lipinski definition) is 1. The minimum absolute atomic E-state index is 0.206. The molecule has 4 rings (SSSR count). The Morgan fingerprint density at radius 2 is 1.89 bits per heavy atom. The molecule has 2 aliphatic rings. The molecule has 1 N–H and O–H groups in total. The van der Waals surface area contributed by atoms with Crippen LogP contribution in [0.3, 0.4) is 0 Å². The standard InChI is InChI=1S/C20H24FN5O2/c1-14-12-17(23-26(14)16-5-3-4-15(21)13-16)22-19(28)25-10-7-20(8-11-25)6-9-24(2)18(20)27/h3-5,12-13H,6-11H2,1-2H3,(H,22,23,28). The molecule has 0 saturated carbocycles. The van der Waals surface area contributed by atoms with Crippen molar-refractivity contribution < 1.29 is 14.0 Å². The van der Waals surface area contributed by atoms with E-state index < -0.39 is 0 Å². The van der Waals surface area contributed by atoms with Gasteiger partial charge in [-0.15, -0.1) is 5.10 Å². The van der Waals surface area contributed by atoms with Crippen LogP contribution in [0.5, 0.6) is 0 Å².